The fourth-order valence-corrected chi connectivity index (χ4v) is 1.39. The summed E-state index contributed by atoms with van der Waals surface area (Å²) in [6.07, 6.45) is 0. The van der Waals surface area contributed by atoms with Crippen LogP contribution in [0.25, 0.3) is 0 Å². The highest BCUT2D eigenvalue weighted by atomic mass is 32.2. The molecule has 0 saturated heterocycles. The topological polar surface area (TPSA) is 18.5 Å². The highest BCUT2D eigenvalue weighted by Gasteiger charge is 1.94. The first-order valence-electron chi connectivity index (χ1n) is 4.65. The van der Waals surface area contributed by atoms with Crippen LogP contribution in [0.1, 0.15) is 12.5 Å². The minimum absolute atomic E-state index is 0.678. The van der Waals surface area contributed by atoms with Crippen LogP contribution in [0.5, 0.6) is 5.75 Å². The molecule has 0 atom stereocenters. The van der Waals surface area contributed by atoms with Gasteiger partial charge >= 0.3 is 0 Å². The van der Waals surface area contributed by atoms with Crippen LogP contribution in [-0.4, -0.2) is 18.8 Å². The van der Waals surface area contributed by atoms with E-state index in [1.807, 2.05) is 24.3 Å². The van der Waals surface area contributed by atoms with Gasteiger partial charge in [0.05, 0.1) is 19.7 Å². The van der Waals surface area contributed by atoms with Crippen molar-refractivity contribution in [1.29, 1.82) is 0 Å². The molecule has 0 fully saturated rings. The maximum atomic E-state index is 5.46. The lowest BCUT2D eigenvalue weighted by Crippen LogP contribution is -1.92. The monoisotopic (exact) mass is 212 g/mol. The Morgan fingerprint density at radius 2 is 1.93 bits per heavy atom. The molecule has 0 bridgehead atoms. The van der Waals surface area contributed by atoms with Crippen molar-refractivity contribution >= 4 is 11.8 Å². The van der Waals surface area contributed by atoms with Gasteiger partial charge in [0.15, 0.2) is 0 Å². The Hall–Kier alpha value is -0.670. The molecule has 14 heavy (non-hydrogen) atoms. The molecule has 0 saturated carbocycles. The van der Waals surface area contributed by atoms with Gasteiger partial charge < -0.3 is 9.47 Å². The molecule has 0 aliphatic heterocycles. The van der Waals surface area contributed by atoms with Gasteiger partial charge in [-0.15, -0.1) is 11.8 Å². The van der Waals surface area contributed by atoms with Crippen molar-refractivity contribution < 1.29 is 9.47 Å². The first-order chi connectivity index (χ1) is 6.86. The highest BCUT2D eigenvalue weighted by Crippen LogP contribution is 2.12. The zero-order valence-electron chi connectivity index (χ0n) is 8.66. The molecule has 1 rings (SSSR count). The first-order valence-corrected chi connectivity index (χ1v) is 5.80. The van der Waals surface area contributed by atoms with Crippen LogP contribution in [0.3, 0.4) is 0 Å². The zero-order valence-corrected chi connectivity index (χ0v) is 9.47. The Bertz CT molecular complexity index is 246. The summed E-state index contributed by atoms with van der Waals surface area (Å²) in [7, 11) is 1.67. The van der Waals surface area contributed by atoms with Crippen molar-refractivity contribution in [1.82, 2.24) is 0 Å². The fraction of sp³-hybridized carbons (Fsp3) is 0.455. The molecule has 78 valence electrons. The van der Waals surface area contributed by atoms with E-state index in [1.165, 1.54) is 5.56 Å². The van der Waals surface area contributed by atoms with Crippen molar-refractivity contribution in [3.05, 3.63) is 29.8 Å². The average Bonchev–Trinajstić information content (AvgIpc) is 2.25. The summed E-state index contributed by atoms with van der Waals surface area (Å²) in [5.74, 6) is 2.75. The summed E-state index contributed by atoms with van der Waals surface area (Å²) in [5, 5.41) is 0. The molecule has 0 spiro atoms. The van der Waals surface area contributed by atoms with Crippen LogP contribution in [0.4, 0.5) is 0 Å². The normalized spacial score (nSPS) is 10.1. The highest BCUT2D eigenvalue weighted by molar-refractivity contribution is 7.99. The summed E-state index contributed by atoms with van der Waals surface area (Å²) >= 11 is 1.79. The molecule has 0 heterocycles. The van der Waals surface area contributed by atoms with Crippen LogP contribution >= 0.6 is 11.8 Å². The van der Waals surface area contributed by atoms with E-state index in [-0.39, 0.29) is 0 Å². The second-order valence-corrected chi connectivity index (χ2v) is 4.03. The molecule has 0 N–H and O–H groups in total. The number of benzene rings is 1. The SMILES string of the molecule is CCSCOCc1ccc(OC)cc1. The summed E-state index contributed by atoms with van der Waals surface area (Å²) in [5.41, 5.74) is 1.18. The number of methoxy groups -OCH3 is 1. The van der Waals surface area contributed by atoms with Gasteiger partial charge in [-0.25, -0.2) is 0 Å². The summed E-state index contributed by atoms with van der Waals surface area (Å²) in [6.45, 7) is 2.80. The standard InChI is InChI=1S/C11H16O2S/c1-3-14-9-13-8-10-4-6-11(12-2)7-5-10/h4-7H,3,8-9H2,1-2H3. The number of hydrogen-bond acceptors (Lipinski definition) is 3. The van der Waals surface area contributed by atoms with Gasteiger partial charge in [0.25, 0.3) is 0 Å². The molecule has 0 aromatic heterocycles. The van der Waals surface area contributed by atoms with Crippen LogP contribution in [-0.2, 0) is 11.3 Å². The lowest BCUT2D eigenvalue weighted by atomic mass is 10.2. The Morgan fingerprint density at radius 1 is 1.21 bits per heavy atom. The Morgan fingerprint density at radius 3 is 2.50 bits per heavy atom. The van der Waals surface area contributed by atoms with Gasteiger partial charge in [0.2, 0.25) is 0 Å². The van der Waals surface area contributed by atoms with Crippen molar-refractivity contribution in [3.8, 4) is 5.75 Å². The van der Waals surface area contributed by atoms with Gasteiger partial charge in [0, 0.05) is 0 Å². The van der Waals surface area contributed by atoms with Gasteiger partial charge in [0.1, 0.15) is 5.75 Å². The van der Waals surface area contributed by atoms with E-state index >= 15 is 0 Å². The van der Waals surface area contributed by atoms with E-state index in [4.69, 9.17) is 9.47 Å². The van der Waals surface area contributed by atoms with E-state index in [2.05, 4.69) is 6.92 Å². The van der Waals surface area contributed by atoms with E-state index in [0.717, 1.165) is 17.4 Å². The predicted molar refractivity (Wildman–Crippen MR) is 60.8 cm³/mol. The van der Waals surface area contributed by atoms with Crippen molar-refractivity contribution in [3.63, 3.8) is 0 Å². The van der Waals surface area contributed by atoms with E-state index in [1.54, 1.807) is 18.9 Å². The summed E-state index contributed by atoms with van der Waals surface area (Å²) in [6, 6.07) is 7.95. The zero-order chi connectivity index (χ0) is 10.2. The molecule has 1 aromatic carbocycles. The first kappa shape index (κ1) is 11.4. The molecular weight excluding hydrogens is 196 g/mol. The molecule has 0 aliphatic carbocycles. The molecule has 0 radical (unpaired) electrons. The minimum atomic E-state index is 0.678. The van der Waals surface area contributed by atoms with Crippen LogP contribution in [0.2, 0.25) is 0 Å². The minimum Gasteiger partial charge on any atom is -0.497 e. The largest absolute Gasteiger partial charge is 0.497 e. The van der Waals surface area contributed by atoms with Crippen molar-refractivity contribution in [2.24, 2.45) is 0 Å². The third-order valence-corrected chi connectivity index (χ3v) is 2.54. The number of hydrogen-bond donors (Lipinski definition) is 0. The van der Waals surface area contributed by atoms with Crippen LogP contribution in [0.15, 0.2) is 24.3 Å². The summed E-state index contributed by atoms with van der Waals surface area (Å²) < 4.78 is 10.5. The third-order valence-electron chi connectivity index (χ3n) is 1.80. The van der Waals surface area contributed by atoms with E-state index in [9.17, 15) is 0 Å². The lowest BCUT2D eigenvalue weighted by Gasteiger charge is -2.04. The quantitative estimate of drug-likeness (QED) is 0.533. The van der Waals surface area contributed by atoms with Crippen LogP contribution in [0, 0.1) is 0 Å². The lowest BCUT2D eigenvalue weighted by molar-refractivity contribution is 0.169. The van der Waals surface area contributed by atoms with Gasteiger partial charge in [-0.3, -0.25) is 0 Å². The number of ether oxygens (including phenoxy) is 2. The molecule has 0 unspecified atom stereocenters. The van der Waals surface area contributed by atoms with Gasteiger partial charge in [-0.1, -0.05) is 19.1 Å². The molecule has 1 aromatic rings. The third kappa shape index (κ3) is 4.03. The second-order valence-electron chi connectivity index (χ2n) is 2.81. The molecular formula is C11H16O2S. The van der Waals surface area contributed by atoms with Gasteiger partial charge in [-0.2, -0.15) is 0 Å². The number of rotatable bonds is 6. The molecule has 2 nitrogen and oxygen atoms in total. The maximum absolute atomic E-state index is 5.46. The molecule has 0 amide bonds. The smallest absolute Gasteiger partial charge is 0.118 e. The van der Waals surface area contributed by atoms with Crippen molar-refractivity contribution in [2.75, 3.05) is 18.8 Å². The molecule has 3 heteroatoms. The number of thioether (sulfide) groups is 1. The maximum Gasteiger partial charge on any atom is 0.118 e. The molecule has 0 aliphatic rings. The average molecular weight is 212 g/mol. The van der Waals surface area contributed by atoms with E-state index in [0.29, 0.717) is 6.61 Å². The fourth-order valence-electron chi connectivity index (χ4n) is 1.02. The predicted octanol–water partition coefficient (Wildman–Crippen LogP) is 2.92. The van der Waals surface area contributed by atoms with E-state index < -0.39 is 0 Å². The summed E-state index contributed by atoms with van der Waals surface area (Å²) in [4.78, 5) is 0. The Kier molecular flexibility index (Phi) is 5.49. The second kappa shape index (κ2) is 6.74. The van der Waals surface area contributed by atoms with Crippen molar-refractivity contribution in [2.45, 2.75) is 13.5 Å². The Balaban J connectivity index is 2.29. The van der Waals surface area contributed by atoms with Gasteiger partial charge in [-0.05, 0) is 23.4 Å². The van der Waals surface area contributed by atoms with Crippen LogP contribution < -0.4 is 4.74 Å². The Labute approximate surface area is 89.6 Å².